The molecule has 1 saturated heterocycles. The van der Waals surface area contributed by atoms with Crippen LogP contribution in [-0.2, 0) is 0 Å². The maximum atomic E-state index is 14.4. The van der Waals surface area contributed by atoms with Gasteiger partial charge in [-0.15, -0.1) is 0 Å². The van der Waals surface area contributed by atoms with Gasteiger partial charge in [0.1, 0.15) is 23.1 Å². The molecule has 3 aromatic rings. The maximum Gasteiger partial charge on any atom is 0.270 e. The van der Waals surface area contributed by atoms with Crippen LogP contribution in [0.5, 0.6) is 0 Å². The van der Waals surface area contributed by atoms with E-state index in [1.807, 2.05) is 4.90 Å². The number of rotatable bonds is 4. The van der Waals surface area contributed by atoms with E-state index in [1.54, 1.807) is 12.3 Å². The van der Waals surface area contributed by atoms with E-state index in [2.05, 4.69) is 20.7 Å². The summed E-state index contributed by atoms with van der Waals surface area (Å²) >= 11 is 11.3. The van der Waals surface area contributed by atoms with E-state index >= 15 is 0 Å². The Morgan fingerprint density at radius 1 is 1.25 bits per heavy atom. The van der Waals surface area contributed by atoms with E-state index in [0.29, 0.717) is 24.4 Å². The molecule has 1 saturated carbocycles. The van der Waals surface area contributed by atoms with E-state index in [-0.39, 0.29) is 34.0 Å². The summed E-state index contributed by atoms with van der Waals surface area (Å²) < 4.78 is 55.9. The molecule has 2 aliphatic rings. The molecule has 1 aliphatic carbocycles. The lowest BCUT2D eigenvalue weighted by Crippen LogP contribution is -2.33. The number of alkyl halides is 2. The van der Waals surface area contributed by atoms with Gasteiger partial charge in [0.05, 0.1) is 12.1 Å². The number of hydrogen-bond donors (Lipinski definition) is 2. The zero-order valence-corrected chi connectivity index (χ0v) is 18.0. The predicted molar refractivity (Wildman–Crippen MR) is 116 cm³/mol. The van der Waals surface area contributed by atoms with Crippen molar-refractivity contribution in [1.82, 2.24) is 19.9 Å². The van der Waals surface area contributed by atoms with Crippen LogP contribution < -0.4 is 15.5 Å². The van der Waals surface area contributed by atoms with Gasteiger partial charge in [-0.3, -0.25) is 0 Å². The van der Waals surface area contributed by atoms with E-state index in [0.717, 1.165) is 18.6 Å². The van der Waals surface area contributed by atoms with E-state index < -0.39 is 23.6 Å². The molecule has 6 nitrogen and oxygen atoms in total. The summed E-state index contributed by atoms with van der Waals surface area (Å²) in [6.07, 6.45) is 2.77. The smallest absolute Gasteiger partial charge is 0.270 e. The van der Waals surface area contributed by atoms with Gasteiger partial charge < -0.3 is 15.5 Å². The monoisotopic (exact) mass is 484 g/mol. The molecule has 12 heteroatoms. The highest BCUT2D eigenvalue weighted by Crippen LogP contribution is 2.42. The quantitative estimate of drug-likeness (QED) is 0.414. The maximum absolute atomic E-state index is 14.4. The number of anilines is 2. The first kappa shape index (κ1) is 21.2. The van der Waals surface area contributed by atoms with Gasteiger partial charge in [0.2, 0.25) is 0 Å². The Morgan fingerprint density at radius 2 is 2.03 bits per heavy atom. The second kappa shape index (κ2) is 7.73. The molecule has 1 aliphatic heterocycles. The lowest BCUT2D eigenvalue weighted by atomic mass is 10.0. The first-order chi connectivity index (χ1) is 15.2. The number of nitrogens with zero attached hydrogens (tertiary/aromatic N) is 4. The third-order valence-electron chi connectivity index (χ3n) is 5.66. The number of nitrogens with one attached hydrogen (secondary N) is 2. The fourth-order valence-corrected chi connectivity index (χ4v) is 4.43. The van der Waals surface area contributed by atoms with Crippen LogP contribution in [0.25, 0.3) is 5.65 Å². The molecule has 0 amide bonds. The first-order valence-corrected chi connectivity index (χ1v) is 10.7. The van der Waals surface area contributed by atoms with Crippen molar-refractivity contribution in [3.63, 3.8) is 0 Å². The molecule has 2 N–H and O–H groups in total. The number of hydrogen-bond acceptors (Lipinski definition) is 4. The highest BCUT2D eigenvalue weighted by atomic mass is 35.5. The lowest BCUT2D eigenvalue weighted by molar-refractivity contribution is 0.110. The minimum absolute atomic E-state index is 0.0166. The third-order valence-corrected chi connectivity index (χ3v) is 6.15. The standard InChI is InChI=1S/C20H17ClF4N6S/c21-17-16(28-19(32)26-14-9-20(14,24)25)18-27-15(5-7-31(18)29-17)30-6-1-2-13(30)11-8-10(22)3-4-12(11)23/h3-5,7-8,13-14H,1-2,6,9H2,(H2,26,28,32)/t13-,14?/m1/s1. The average molecular weight is 485 g/mol. The van der Waals surface area contributed by atoms with Gasteiger partial charge in [-0.25, -0.2) is 27.1 Å². The Labute approximate surface area is 190 Å². The van der Waals surface area contributed by atoms with Crippen molar-refractivity contribution in [2.24, 2.45) is 0 Å². The summed E-state index contributed by atoms with van der Waals surface area (Å²) in [5.74, 6) is -3.24. The summed E-state index contributed by atoms with van der Waals surface area (Å²) in [6.45, 7) is 0.602. The van der Waals surface area contributed by atoms with E-state index in [1.165, 1.54) is 10.6 Å². The van der Waals surface area contributed by atoms with Crippen molar-refractivity contribution < 1.29 is 17.6 Å². The van der Waals surface area contributed by atoms with Gasteiger partial charge in [0.15, 0.2) is 15.9 Å². The molecule has 3 heterocycles. The van der Waals surface area contributed by atoms with Crippen LogP contribution in [0, 0.1) is 11.6 Å². The molecule has 1 aromatic carbocycles. The summed E-state index contributed by atoms with van der Waals surface area (Å²) in [4.78, 5) is 6.50. The SMILES string of the molecule is Fc1ccc(F)c([C@H]2CCCN2c2ccn3nc(Cl)c(NC(=S)NC4CC4(F)F)c3n2)c1. The molecule has 32 heavy (non-hydrogen) atoms. The minimum Gasteiger partial charge on any atom is -0.353 e. The molecular weight excluding hydrogens is 468 g/mol. The third kappa shape index (κ3) is 3.83. The number of halogens is 5. The second-order valence-corrected chi connectivity index (χ2v) is 8.62. The molecule has 5 rings (SSSR count). The van der Waals surface area contributed by atoms with Gasteiger partial charge in [0.25, 0.3) is 5.92 Å². The lowest BCUT2D eigenvalue weighted by Gasteiger charge is -2.26. The molecule has 1 unspecified atom stereocenters. The molecular formula is C20H17ClF4N6S. The second-order valence-electron chi connectivity index (χ2n) is 7.85. The molecule has 2 atom stereocenters. The molecule has 2 aromatic heterocycles. The fourth-order valence-electron chi connectivity index (χ4n) is 3.97. The summed E-state index contributed by atoms with van der Waals surface area (Å²) in [5.41, 5.74) is 0.858. The molecule has 0 bridgehead atoms. The van der Waals surface area contributed by atoms with Gasteiger partial charge in [-0.2, -0.15) is 5.10 Å². The molecule has 2 fully saturated rings. The van der Waals surface area contributed by atoms with Gasteiger partial charge >= 0.3 is 0 Å². The van der Waals surface area contributed by atoms with Gasteiger partial charge in [-0.05, 0) is 49.3 Å². The summed E-state index contributed by atoms with van der Waals surface area (Å²) in [5, 5.41) is 9.55. The number of aromatic nitrogens is 3. The van der Waals surface area contributed by atoms with Crippen LogP contribution >= 0.6 is 23.8 Å². The number of benzene rings is 1. The van der Waals surface area contributed by atoms with Crippen LogP contribution in [-0.4, -0.2) is 38.2 Å². The molecule has 0 spiro atoms. The zero-order chi connectivity index (χ0) is 22.6. The van der Waals surface area contributed by atoms with E-state index in [4.69, 9.17) is 23.8 Å². The normalized spacial score (nSPS) is 21.7. The fraction of sp³-hybridized carbons (Fsp3) is 0.350. The number of thiocarbonyl (C=S) groups is 1. The Morgan fingerprint density at radius 3 is 2.78 bits per heavy atom. The van der Waals surface area contributed by atoms with Crippen molar-refractivity contribution in [3.05, 3.63) is 52.8 Å². The Hall–Kier alpha value is -2.66. The van der Waals surface area contributed by atoms with Crippen LogP contribution in [0.2, 0.25) is 5.15 Å². The largest absolute Gasteiger partial charge is 0.353 e. The first-order valence-electron chi connectivity index (χ1n) is 9.95. The highest BCUT2D eigenvalue weighted by Gasteiger charge is 2.57. The van der Waals surface area contributed by atoms with E-state index in [9.17, 15) is 17.6 Å². The van der Waals surface area contributed by atoms with Crippen LogP contribution in [0.3, 0.4) is 0 Å². The highest BCUT2D eigenvalue weighted by molar-refractivity contribution is 7.80. The topological polar surface area (TPSA) is 57.5 Å². The van der Waals surface area contributed by atoms with Gasteiger partial charge in [-0.1, -0.05) is 11.6 Å². The van der Waals surface area contributed by atoms with Crippen molar-refractivity contribution >= 4 is 46.1 Å². The van der Waals surface area contributed by atoms with Crippen molar-refractivity contribution in [3.8, 4) is 0 Å². The number of fused-ring (bicyclic) bond motifs is 1. The minimum atomic E-state index is -2.78. The molecule has 0 radical (unpaired) electrons. The van der Waals surface area contributed by atoms with Crippen molar-refractivity contribution in [2.75, 3.05) is 16.8 Å². The van der Waals surface area contributed by atoms with Crippen molar-refractivity contribution in [2.45, 2.75) is 37.3 Å². The van der Waals surface area contributed by atoms with Gasteiger partial charge in [0, 0.05) is 24.7 Å². The Bertz CT molecular complexity index is 1220. The van der Waals surface area contributed by atoms with Crippen molar-refractivity contribution in [1.29, 1.82) is 0 Å². The van der Waals surface area contributed by atoms with Crippen LogP contribution in [0.15, 0.2) is 30.5 Å². The molecule has 168 valence electrons. The predicted octanol–water partition coefficient (Wildman–Crippen LogP) is 4.70. The summed E-state index contributed by atoms with van der Waals surface area (Å²) in [7, 11) is 0. The van der Waals surface area contributed by atoms with Crippen LogP contribution in [0.1, 0.15) is 30.9 Å². The Kier molecular flexibility index (Phi) is 5.12. The average Bonchev–Trinajstić information content (AvgIpc) is 3.09. The Balaban J connectivity index is 1.44. The summed E-state index contributed by atoms with van der Waals surface area (Å²) in [6, 6.07) is 3.72. The zero-order valence-electron chi connectivity index (χ0n) is 16.5. The van der Waals surface area contributed by atoms with Crippen LogP contribution in [0.4, 0.5) is 29.1 Å².